The van der Waals surface area contributed by atoms with E-state index in [1.54, 1.807) is 24.3 Å². The van der Waals surface area contributed by atoms with Crippen LogP contribution in [0.4, 0.5) is 0 Å². The van der Waals surface area contributed by atoms with Crippen LogP contribution in [0, 0.1) is 0 Å². The summed E-state index contributed by atoms with van der Waals surface area (Å²) in [4.78, 5) is 33.7. The number of hydrogen-bond acceptors (Lipinski definition) is 5. The monoisotopic (exact) mass is 278 g/mol. The molecular formula is C13H14N2O5. The Morgan fingerprint density at radius 3 is 2.60 bits per heavy atom. The zero-order chi connectivity index (χ0) is 14.5. The molecule has 1 aliphatic heterocycles. The van der Waals surface area contributed by atoms with E-state index in [9.17, 15) is 14.4 Å². The van der Waals surface area contributed by atoms with Gasteiger partial charge in [-0.1, -0.05) is 18.2 Å². The molecule has 7 nitrogen and oxygen atoms in total. The molecule has 1 fully saturated rings. The largest absolute Gasteiger partial charge is 0.484 e. The van der Waals surface area contributed by atoms with Crippen LogP contribution >= 0.6 is 0 Å². The first-order valence-electron chi connectivity index (χ1n) is 6.01. The van der Waals surface area contributed by atoms with Gasteiger partial charge < -0.3 is 20.1 Å². The molecule has 0 aromatic heterocycles. The summed E-state index contributed by atoms with van der Waals surface area (Å²) >= 11 is 0. The molecular weight excluding hydrogens is 264 g/mol. The molecule has 0 saturated carbocycles. The molecule has 0 aliphatic carbocycles. The van der Waals surface area contributed by atoms with Gasteiger partial charge in [-0.15, -0.1) is 0 Å². The number of ether oxygens (including phenoxy) is 2. The number of rotatable bonds is 5. The van der Waals surface area contributed by atoms with Gasteiger partial charge in [0, 0.05) is 6.92 Å². The van der Waals surface area contributed by atoms with Crippen molar-refractivity contribution in [3.05, 3.63) is 30.3 Å². The fourth-order valence-electron chi connectivity index (χ4n) is 1.65. The summed E-state index contributed by atoms with van der Waals surface area (Å²) in [6.45, 7) is 1.00. The standard InChI is InChI=1S/C13H14N2O5/c1-8(16)20-13-11(12(18)15-13)14-10(17)7-19-9-5-3-2-4-6-9/h2-6,11,13H,7H2,1H3,(H,14,17)(H,15,18)/t11-,13?/m1/s1. The van der Waals surface area contributed by atoms with E-state index in [1.165, 1.54) is 6.92 Å². The van der Waals surface area contributed by atoms with Gasteiger partial charge in [0.25, 0.3) is 11.8 Å². The third-order valence-electron chi connectivity index (χ3n) is 2.59. The van der Waals surface area contributed by atoms with Crippen molar-refractivity contribution in [3.8, 4) is 5.75 Å². The Hall–Kier alpha value is -2.57. The van der Waals surface area contributed by atoms with Crippen LogP contribution in [0.25, 0.3) is 0 Å². The smallest absolute Gasteiger partial charge is 0.304 e. The first-order chi connectivity index (χ1) is 9.56. The number of nitrogens with one attached hydrogen (secondary N) is 2. The molecule has 2 amide bonds. The van der Waals surface area contributed by atoms with Crippen LogP contribution in [0.2, 0.25) is 0 Å². The van der Waals surface area contributed by atoms with E-state index in [-0.39, 0.29) is 6.61 Å². The molecule has 0 spiro atoms. The van der Waals surface area contributed by atoms with Crippen LogP contribution in [0.1, 0.15) is 6.92 Å². The van der Waals surface area contributed by atoms with Gasteiger partial charge in [-0.3, -0.25) is 14.4 Å². The zero-order valence-corrected chi connectivity index (χ0v) is 10.8. The molecule has 2 atom stereocenters. The number of benzene rings is 1. The quantitative estimate of drug-likeness (QED) is 0.563. The first-order valence-corrected chi connectivity index (χ1v) is 6.01. The van der Waals surface area contributed by atoms with Crippen LogP contribution in [0.3, 0.4) is 0 Å². The van der Waals surface area contributed by atoms with Crippen LogP contribution in [-0.2, 0) is 19.1 Å². The molecule has 7 heteroatoms. The van der Waals surface area contributed by atoms with Crippen molar-refractivity contribution < 1.29 is 23.9 Å². The third kappa shape index (κ3) is 3.47. The lowest BCUT2D eigenvalue weighted by Gasteiger charge is -2.35. The Morgan fingerprint density at radius 1 is 1.30 bits per heavy atom. The van der Waals surface area contributed by atoms with E-state index >= 15 is 0 Å². The van der Waals surface area contributed by atoms with Crippen LogP contribution in [-0.4, -0.2) is 36.7 Å². The summed E-state index contributed by atoms with van der Waals surface area (Å²) in [6.07, 6.45) is -0.819. The second kappa shape index (κ2) is 6.05. The van der Waals surface area contributed by atoms with Gasteiger partial charge in [0.1, 0.15) is 5.75 Å². The van der Waals surface area contributed by atoms with Gasteiger partial charge in [-0.25, -0.2) is 0 Å². The van der Waals surface area contributed by atoms with E-state index in [0.717, 1.165) is 0 Å². The van der Waals surface area contributed by atoms with Crippen LogP contribution in [0.5, 0.6) is 5.75 Å². The fourth-order valence-corrected chi connectivity index (χ4v) is 1.65. The molecule has 1 aromatic carbocycles. The summed E-state index contributed by atoms with van der Waals surface area (Å²) < 4.78 is 10.0. The Kier molecular flexibility index (Phi) is 4.19. The molecule has 1 unspecified atom stereocenters. The molecule has 2 N–H and O–H groups in total. The Labute approximate surface area is 115 Å². The van der Waals surface area contributed by atoms with Gasteiger partial charge in [-0.05, 0) is 12.1 Å². The van der Waals surface area contributed by atoms with E-state index in [0.29, 0.717) is 5.75 Å². The molecule has 0 radical (unpaired) electrons. The second-order valence-electron chi connectivity index (χ2n) is 4.19. The van der Waals surface area contributed by atoms with Crippen molar-refractivity contribution in [1.29, 1.82) is 0 Å². The first kappa shape index (κ1) is 13.9. The van der Waals surface area contributed by atoms with Crippen molar-refractivity contribution >= 4 is 17.8 Å². The Morgan fingerprint density at radius 2 is 2.00 bits per heavy atom. The minimum Gasteiger partial charge on any atom is -0.484 e. The highest BCUT2D eigenvalue weighted by Crippen LogP contribution is 2.10. The summed E-state index contributed by atoms with van der Waals surface area (Å²) in [5.41, 5.74) is 0. The van der Waals surface area contributed by atoms with Gasteiger partial charge in [0.05, 0.1) is 0 Å². The van der Waals surface area contributed by atoms with Crippen molar-refractivity contribution in [1.82, 2.24) is 10.6 Å². The van der Waals surface area contributed by atoms with E-state index in [2.05, 4.69) is 10.6 Å². The lowest BCUT2D eigenvalue weighted by molar-refractivity contribution is -0.164. The molecule has 1 aromatic rings. The van der Waals surface area contributed by atoms with Gasteiger partial charge in [-0.2, -0.15) is 0 Å². The molecule has 106 valence electrons. The summed E-state index contributed by atoms with van der Waals surface area (Å²) in [6, 6.07) is 7.95. The predicted octanol–water partition coefficient (Wildman–Crippen LogP) is -0.431. The third-order valence-corrected chi connectivity index (χ3v) is 2.59. The maximum absolute atomic E-state index is 11.6. The van der Waals surface area contributed by atoms with Crippen molar-refractivity contribution in [2.45, 2.75) is 19.2 Å². The average molecular weight is 278 g/mol. The van der Waals surface area contributed by atoms with Gasteiger partial charge >= 0.3 is 5.97 Å². The minimum absolute atomic E-state index is 0.222. The topological polar surface area (TPSA) is 93.7 Å². The van der Waals surface area contributed by atoms with Gasteiger partial charge in [0.15, 0.2) is 12.6 Å². The van der Waals surface area contributed by atoms with Crippen LogP contribution in [0.15, 0.2) is 30.3 Å². The normalized spacial score (nSPS) is 20.4. The molecule has 1 heterocycles. The Balaban J connectivity index is 1.79. The highest BCUT2D eigenvalue weighted by atomic mass is 16.6. The lowest BCUT2D eigenvalue weighted by Crippen LogP contribution is -2.70. The highest BCUT2D eigenvalue weighted by molar-refractivity contribution is 5.93. The van der Waals surface area contributed by atoms with E-state index < -0.39 is 30.1 Å². The van der Waals surface area contributed by atoms with Crippen molar-refractivity contribution in [2.24, 2.45) is 0 Å². The highest BCUT2D eigenvalue weighted by Gasteiger charge is 2.42. The summed E-state index contributed by atoms with van der Waals surface area (Å²) in [5.74, 6) is -0.845. The van der Waals surface area contributed by atoms with E-state index in [4.69, 9.17) is 9.47 Å². The fraction of sp³-hybridized carbons (Fsp3) is 0.308. The van der Waals surface area contributed by atoms with Crippen molar-refractivity contribution in [2.75, 3.05) is 6.61 Å². The summed E-state index contributed by atoms with van der Waals surface area (Å²) in [5, 5.41) is 4.80. The number of carbonyl (C=O) groups is 3. The number of β-lactam (4-membered cyclic amide) rings is 1. The number of hydrogen-bond donors (Lipinski definition) is 2. The summed E-state index contributed by atoms with van der Waals surface area (Å²) in [7, 11) is 0. The van der Waals surface area contributed by atoms with Crippen LogP contribution < -0.4 is 15.4 Å². The predicted molar refractivity (Wildman–Crippen MR) is 67.6 cm³/mol. The zero-order valence-electron chi connectivity index (χ0n) is 10.8. The van der Waals surface area contributed by atoms with Gasteiger partial charge in [0.2, 0.25) is 6.23 Å². The number of amides is 2. The minimum atomic E-state index is -0.870. The maximum atomic E-state index is 11.6. The molecule has 20 heavy (non-hydrogen) atoms. The van der Waals surface area contributed by atoms with E-state index in [1.807, 2.05) is 6.07 Å². The SMILES string of the molecule is CC(=O)OC1NC(=O)[C@H]1NC(=O)COc1ccccc1. The number of para-hydroxylation sites is 1. The molecule has 1 aliphatic rings. The molecule has 0 bridgehead atoms. The number of esters is 1. The Bertz CT molecular complexity index is 517. The molecule has 1 saturated heterocycles. The second-order valence-corrected chi connectivity index (χ2v) is 4.19. The van der Waals surface area contributed by atoms with Crippen molar-refractivity contribution in [3.63, 3.8) is 0 Å². The molecule has 2 rings (SSSR count). The number of carbonyl (C=O) groups excluding carboxylic acids is 3. The lowest BCUT2D eigenvalue weighted by atomic mass is 10.1. The average Bonchev–Trinajstić information content (AvgIpc) is 2.43. The maximum Gasteiger partial charge on any atom is 0.304 e.